The van der Waals surface area contributed by atoms with Crippen molar-refractivity contribution in [1.29, 1.82) is 0 Å². The number of ether oxygens (including phenoxy) is 1. The summed E-state index contributed by atoms with van der Waals surface area (Å²) < 4.78 is 9.40. The second-order valence-corrected chi connectivity index (χ2v) is 13.4. The van der Waals surface area contributed by atoms with E-state index >= 15 is 0 Å². The highest BCUT2D eigenvalue weighted by molar-refractivity contribution is 7.22. The van der Waals surface area contributed by atoms with Gasteiger partial charge in [-0.15, -0.1) is 11.3 Å². The summed E-state index contributed by atoms with van der Waals surface area (Å²) in [4.78, 5) is 18.1. The fourth-order valence-electron chi connectivity index (χ4n) is 5.09. The van der Waals surface area contributed by atoms with Gasteiger partial charge in [0.25, 0.3) is 0 Å². The standard InChI is InChI=1S/C34H36ClN3O2S/c1-20(2)18-38-19-26(17-36-38)24-9-8-10-25(16-24)33-37-28-15-21(3)29(31(22(4)39)40-34(5,6)7)30(32(28)41-33)23-11-13-27(35)14-12-23/h8-17,19-20,31H,18H2,1-7H3/t31-/m1/s1. The SMILES string of the molecule is CC(=O)[C@@H](OC(C)(C)C)c1c(C)cc2nc(-c3cccc(-c4cnn(CC(C)C)c4)c3)sc2c1-c1ccc(Cl)cc1. The minimum Gasteiger partial charge on any atom is -0.360 e. The van der Waals surface area contributed by atoms with E-state index in [9.17, 15) is 4.79 Å². The lowest BCUT2D eigenvalue weighted by Gasteiger charge is -2.29. The van der Waals surface area contributed by atoms with Gasteiger partial charge in [-0.3, -0.25) is 9.48 Å². The van der Waals surface area contributed by atoms with Crippen molar-refractivity contribution < 1.29 is 9.53 Å². The Hall–Kier alpha value is -3.32. The van der Waals surface area contributed by atoms with E-state index in [2.05, 4.69) is 55.5 Å². The maximum Gasteiger partial charge on any atom is 0.163 e. The molecule has 0 unspecified atom stereocenters. The number of hydrogen-bond donors (Lipinski definition) is 0. The Bertz CT molecular complexity index is 1710. The molecule has 5 aromatic rings. The van der Waals surface area contributed by atoms with Crippen molar-refractivity contribution in [3.8, 4) is 32.8 Å². The van der Waals surface area contributed by atoms with Crippen LogP contribution in [0.25, 0.3) is 43.0 Å². The largest absolute Gasteiger partial charge is 0.360 e. The first kappa shape index (κ1) is 29.2. The fraction of sp³-hybridized carbons (Fsp3) is 0.324. The number of carbonyl (C=O) groups is 1. The van der Waals surface area contributed by atoms with Crippen LogP contribution >= 0.6 is 22.9 Å². The van der Waals surface area contributed by atoms with Crippen LogP contribution in [0.15, 0.2) is 67.0 Å². The number of thiazole rings is 1. The minimum atomic E-state index is -0.707. The van der Waals surface area contributed by atoms with Gasteiger partial charge in [-0.05, 0) is 81.5 Å². The van der Waals surface area contributed by atoms with E-state index in [1.807, 2.05) is 62.8 Å². The number of nitrogens with zero attached hydrogens (tertiary/aromatic N) is 3. The van der Waals surface area contributed by atoms with Crippen molar-refractivity contribution in [3.63, 3.8) is 0 Å². The van der Waals surface area contributed by atoms with Crippen molar-refractivity contribution in [2.24, 2.45) is 5.92 Å². The third-order valence-electron chi connectivity index (χ3n) is 6.79. The van der Waals surface area contributed by atoms with E-state index in [1.165, 1.54) is 0 Å². The van der Waals surface area contributed by atoms with E-state index in [-0.39, 0.29) is 5.78 Å². The summed E-state index contributed by atoms with van der Waals surface area (Å²) in [6, 6.07) is 18.3. The van der Waals surface area contributed by atoms with E-state index in [4.69, 9.17) is 21.3 Å². The molecule has 0 radical (unpaired) electrons. The lowest BCUT2D eigenvalue weighted by molar-refractivity contribution is -0.138. The quantitative estimate of drug-likeness (QED) is 0.182. The first-order valence-corrected chi connectivity index (χ1v) is 15.1. The number of ketones is 1. The Morgan fingerprint density at radius 1 is 1.02 bits per heavy atom. The molecule has 0 spiro atoms. The van der Waals surface area contributed by atoms with Gasteiger partial charge in [0.2, 0.25) is 0 Å². The summed E-state index contributed by atoms with van der Waals surface area (Å²) in [5.41, 5.74) is 7.40. The van der Waals surface area contributed by atoms with Crippen LogP contribution in [-0.4, -0.2) is 26.1 Å². The predicted molar refractivity (Wildman–Crippen MR) is 171 cm³/mol. The highest BCUT2D eigenvalue weighted by Gasteiger charge is 2.30. The lowest BCUT2D eigenvalue weighted by Crippen LogP contribution is -2.27. The number of halogens is 1. The van der Waals surface area contributed by atoms with E-state index < -0.39 is 11.7 Å². The van der Waals surface area contributed by atoms with Crippen LogP contribution in [0.2, 0.25) is 5.02 Å². The molecule has 3 aromatic carbocycles. The zero-order chi connectivity index (χ0) is 29.5. The Kier molecular flexibility index (Phi) is 8.20. The Morgan fingerprint density at radius 2 is 1.73 bits per heavy atom. The monoisotopic (exact) mass is 585 g/mol. The molecular weight excluding hydrogens is 550 g/mol. The zero-order valence-corrected chi connectivity index (χ0v) is 26.2. The number of aromatic nitrogens is 3. The smallest absolute Gasteiger partial charge is 0.163 e. The predicted octanol–water partition coefficient (Wildman–Crippen LogP) is 9.56. The maximum absolute atomic E-state index is 13.0. The minimum absolute atomic E-state index is 0.0342. The molecule has 1 atom stereocenters. The maximum atomic E-state index is 13.0. The number of aryl methyl sites for hydroxylation is 1. The van der Waals surface area contributed by atoms with E-state index in [0.717, 1.165) is 60.7 Å². The summed E-state index contributed by atoms with van der Waals surface area (Å²) in [5.74, 6) is 0.490. The van der Waals surface area contributed by atoms with Gasteiger partial charge < -0.3 is 4.74 Å². The summed E-state index contributed by atoms with van der Waals surface area (Å²) in [6.45, 7) is 14.8. The van der Waals surface area contributed by atoms with Crippen LogP contribution in [0.3, 0.4) is 0 Å². The van der Waals surface area contributed by atoms with Gasteiger partial charge in [0.1, 0.15) is 11.1 Å². The first-order valence-electron chi connectivity index (χ1n) is 13.9. The van der Waals surface area contributed by atoms with Gasteiger partial charge in [-0.2, -0.15) is 5.10 Å². The first-order chi connectivity index (χ1) is 19.4. The van der Waals surface area contributed by atoms with Crippen LogP contribution in [-0.2, 0) is 16.1 Å². The second-order valence-electron chi connectivity index (χ2n) is 12.0. The number of Topliss-reactive ketones (excluding diaryl/α,β-unsaturated/α-hetero) is 1. The van der Waals surface area contributed by atoms with Crippen molar-refractivity contribution in [3.05, 3.63) is 83.1 Å². The molecule has 0 aliphatic carbocycles. The highest BCUT2D eigenvalue weighted by Crippen LogP contribution is 2.44. The number of hydrogen-bond acceptors (Lipinski definition) is 5. The molecule has 0 aliphatic heterocycles. The molecule has 0 aliphatic rings. The van der Waals surface area contributed by atoms with Crippen molar-refractivity contribution in [2.45, 2.75) is 66.7 Å². The molecule has 7 heteroatoms. The molecule has 0 fully saturated rings. The van der Waals surface area contributed by atoms with Crippen LogP contribution < -0.4 is 0 Å². The molecule has 212 valence electrons. The topological polar surface area (TPSA) is 57.0 Å². The molecule has 0 N–H and O–H groups in total. The van der Waals surface area contributed by atoms with Crippen LogP contribution in [0.5, 0.6) is 0 Å². The van der Waals surface area contributed by atoms with E-state index in [1.54, 1.807) is 18.3 Å². The molecule has 0 bridgehead atoms. The van der Waals surface area contributed by atoms with Crippen LogP contribution in [0, 0.1) is 12.8 Å². The lowest BCUT2D eigenvalue weighted by atomic mass is 9.90. The summed E-state index contributed by atoms with van der Waals surface area (Å²) >= 11 is 7.90. The Morgan fingerprint density at radius 3 is 2.39 bits per heavy atom. The fourth-order valence-corrected chi connectivity index (χ4v) is 6.34. The molecule has 5 nitrogen and oxygen atoms in total. The number of rotatable bonds is 8. The van der Waals surface area contributed by atoms with Crippen molar-refractivity contribution >= 4 is 38.9 Å². The molecule has 0 saturated carbocycles. The van der Waals surface area contributed by atoms with Gasteiger partial charge in [0, 0.05) is 40.0 Å². The van der Waals surface area contributed by atoms with Crippen LogP contribution in [0.1, 0.15) is 58.8 Å². The molecule has 2 heterocycles. The number of benzene rings is 3. The van der Waals surface area contributed by atoms with Gasteiger partial charge in [-0.1, -0.05) is 55.8 Å². The van der Waals surface area contributed by atoms with Crippen LogP contribution in [0.4, 0.5) is 0 Å². The third kappa shape index (κ3) is 6.45. The summed E-state index contributed by atoms with van der Waals surface area (Å²) in [5, 5.41) is 6.13. The van der Waals surface area contributed by atoms with Crippen molar-refractivity contribution in [2.75, 3.05) is 0 Å². The van der Waals surface area contributed by atoms with Gasteiger partial charge >= 0.3 is 0 Å². The normalized spacial score (nSPS) is 12.8. The zero-order valence-electron chi connectivity index (χ0n) is 24.7. The molecule has 5 rings (SSSR count). The molecule has 2 aromatic heterocycles. The van der Waals surface area contributed by atoms with Crippen molar-refractivity contribution in [1.82, 2.24) is 14.8 Å². The summed E-state index contributed by atoms with van der Waals surface area (Å²) in [6.07, 6.45) is 3.31. The molecule has 41 heavy (non-hydrogen) atoms. The average Bonchev–Trinajstić information content (AvgIpc) is 3.53. The highest BCUT2D eigenvalue weighted by atomic mass is 35.5. The molecule has 0 saturated heterocycles. The number of fused-ring (bicyclic) bond motifs is 1. The molecule has 0 amide bonds. The Balaban J connectivity index is 1.67. The number of carbonyl (C=O) groups excluding carboxylic acids is 1. The Labute approximate surface area is 251 Å². The average molecular weight is 586 g/mol. The second kappa shape index (κ2) is 11.5. The van der Waals surface area contributed by atoms with Gasteiger partial charge in [-0.25, -0.2) is 4.98 Å². The third-order valence-corrected chi connectivity index (χ3v) is 8.18. The van der Waals surface area contributed by atoms with E-state index in [0.29, 0.717) is 10.9 Å². The van der Waals surface area contributed by atoms with Gasteiger partial charge in [0.15, 0.2) is 5.78 Å². The van der Waals surface area contributed by atoms with Gasteiger partial charge in [0.05, 0.1) is 22.0 Å². The molecular formula is C34H36ClN3O2S. The summed E-state index contributed by atoms with van der Waals surface area (Å²) in [7, 11) is 0.